The van der Waals surface area contributed by atoms with Crippen molar-refractivity contribution in [3.05, 3.63) is 65.7 Å². The van der Waals surface area contributed by atoms with Gasteiger partial charge in [0.15, 0.2) is 0 Å². The van der Waals surface area contributed by atoms with Gasteiger partial charge in [-0.2, -0.15) is 0 Å². The van der Waals surface area contributed by atoms with E-state index in [1.54, 1.807) is 0 Å². The molecule has 148 valence electrons. The van der Waals surface area contributed by atoms with Gasteiger partial charge in [-0.25, -0.2) is 4.79 Å². The lowest BCUT2D eigenvalue weighted by Crippen LogP contribution is -2.45. The van der Waals surface area contributed by atoms with Crippen LogP contribution in [0.25, 0.3) is 0 Å². The quantitative estimate of drug-likeness (QED) is 0.655. The van der Waals surface area contributed by atoms with Gasteiger partial charge in [0.1, 0.15) is 12.6 Å². The fourth-order valence-corrected chi connectivity index (χ4v) is 4.40. The Morgan fingerprint density at radius 3 is 2.39 bits per heavy atom. The number of carbonyl (C=O) groups excluding carboxylic acids is 2. The van der Waals surface area contributed by atoms with E-state index in [0.29, 0.717) is 0 Å². The first-order valence-electron chi connectivity index (χ1n) is 9.87. The number of rotatable bonds is 6. The van der Waals surface area contributed by atoms with Crippen molar-refractivity contribution in [1.82, 2.24) is 5.32 Å². The van der Waals surface area contributed by atoms with Crippen LogP contribution in [0.4, 0.5) is 4.79 Å². The Balaban J connectivity index is 1.63. The number of carbonyl (C=O) groups is 2. The molecule has 1 atom stereocenters. The van der Waals surface area contributed by atoms with Crippen LogP contribution in [0, 0.1) is 12.8 Å². The number of nitrogens with one attached hydrogen (secondary N) is 1. The summed E-state index contributed by atoms with van der Waals surface area (Å²) in [6, 6.07) is 16.9. The molecule has 0 aliphatic heterocycles. The second-order valence-electron chi connectivity index (χ2n) is 7.32. The molecule has 0 aromatic heterocycles. The molecule has 3 rings (SSSR count). The Morgan fingerprint density at radius 1 is 1.04 bits per heavy atom. The van der Waals surface area contributed by atoms with Crippen molar-refractivity contribution < 1.29 is 14.3 Å². The number of alkyl carbamates (subject to hydrolysis) is 1. The van der Waals surface area contributed by atoms with Crippen LogP contribution < -0.4 is 5.32 Å². The molecule has 0 saturated heterocycles. The summed E-state index contributed by atoms with van der Waals surface area (Å²) < 4.78 is 5.35. The van der Waals surface area contributed by atoms with Crippen molar-refractivity contribution in [3.63, 3.8) is 0 Å². The van der Waals surface area contributed by atoms with Gasteiger partial charge in [-0.3, -0.25) is 4.79 Å². The molecule has 1 N–H and O–H groups in total. The zero-order chi connectivity index (χ0) is 19.8. The van der Waals surface area contributed by atoms with E-state index in [9.17, 15) is 9.59 Å². The molecule has 5 heteroatoms. The Labute approximate surface area is 171 Å². The van der Waals surface area contributed by atoms with E-state index in [2.05, 4.69) is 5.32 Å². The number of ether oxygens (including phenoxy) is 1. The fraction of sp³-hybridized carbons (Fsp3) is 0.391. The van der Waals surface area contributed by atoms with Crippen LogP contribution in [0.3, 0.4) is 0 Å². The Bertz CT molecular complexity index is 770. The molecule has 1 fully saturated rings. The largest absolute Gasteiger partial charge is 0.445 e. The molecule has 1 amide bonds. The van der Waals surface area contributed by atoms with Gasteiger partial charge >= 0.3 is 6.09 Å². The third-order valence-electron chi connectivity index (χ3n) is 5.10. The normalized spacial score (nSPS) is 15.6. The molecule has 0 spiro atoms. The first-order chi connectivity index (χ1) is 13.6. The lowest BCUT2D eigenvalue weighted by Gasteiger charge is -2.29. The van der Waals surface area contributed by atoms with Crippen LogP contribution in [0.15, 0.2) is 59.5 Å². The SMILES string of the molecule is Cc1ccc(SC(=O)C(NC(=O)OCc2ccccc2)C2CCCCC2)cc1. The predicted octanol–water partition coefficient (Wildman–Crippen LogP) is 5.49. The molecule has 2 aromatic carbocycles. The van der Waals surface area contributed by atoms with Crippen molar-refractivity contribution in [1.29, 1.82) is 0 Å². The first-order valence-corrected chi connectivity index (χ1v) is 10.7. The standard InChI is InChI=1S/C23H27NO3S/c1-17-12-14-20(15-13-17)28-22(25)21(19-10-6-3-7-11-19)24-23(26)27-16-18-8-4-2-5-9-18/h2,4-5,8-9,12-15,19,21H,3,6-7,10-11,16H2,1H3,(H,24,26). The van der Waals surface area contributed by atoms with Crippen molar-refractivity contribution >= 4 is 23.0 Å². The number of thioether (sulfide) groups is 1. The van der Waals surface area contributed by atoms with Gasteiger partial charge in [0, 0.05) is 4.90 Å². The minimum absolute atomic E-state index is 0.0209. The summed E-state index contributed by atoms with van der Waals surface area (Å²) in [6.07, 6.45) is 4.79. The van der Waals surface area contributed by atoms with Crippen LogP contribution in [0.5, 0.6) is 0 Å². The second kappa shape index (κ2) is 10.3. The van der Waals surface area contributed by atoms with Crippen LogP contribution in [0.1, 0.15) is 43.2 Å². The lowest BCUT2D eigenvalue weighted by atomic mass is 9.84. The van der Waals surface area contributed by atoms with E-state index in [1.165, 1.54) is 18.2 Å². The average molecular weight is 398 g/mol. The summed E-state index contributed by atoms with van der Waals surface area (Å²) in [5.41, 5.74) is 2.08. The number of hydrogen-bond donors (Lipinski definition) is 1. The molecule has 1 unspecified atom stereocenters. The van der Waals surface area contributed by atoms with Crippen molar-refractivity contribution in [2.75, 3.05) is 0 Å². The molecule has 0 bridgehead atoms. The molecule has 1 aliphatic rings. The smallest absolute Gasteiger partial charge is 0.408 e. The second-order valence-corrected chi connectivity index (χ2v) is 8.39. The molecule has 1 aliphatic carbocycles. The highest BCUT2D eigenvalue weighted by Gasteiger charge is 2.31. The maximum Gasteiger partial charge on any atom is 0.408 e. The van der Waals surface area contributed by atoms with Gasteiger partial charge in [-0.1, -0.05) is 67.3 Å². The van der Waals surface area contributed by atoms with Gasteiger partial charge in [0.05, 0.1) is 0 Å². The Hall–Kier alpha value is -2.27. The highest BCUT2D eigenvalue weighted by atomic mass is 32.2. The minimum atomic E-state index is -0.530. The van der Waals surface area contributed by atoms with Crippen molar-refractivity contribution in [2.45, 2.75) is 56.6 Å². The molecule has 0 heterocycles. The van der Waals surface area contributed by atoms with E-state index in [4.69, 9.17) is 4.74 Å². The fourth-order valence-electron chi connectivity index (χ4n) is 3.51. The molecule has 28 heavy (non-hydrogen) atoms. The van der Waals surface area contributed by atoms with E-state index in [0.717, 1.165) is 41.7 Å². The van der Waals surface area contributed by atoms with Crippen molar-refractivity contribution in [3.8, 4) is 0 Å². The first kappa shape index (κ1) is 20.5. The summed E-state index contributed by atoms with van der Waals surface area (Å²) in [5.74, 6) is 0.170. The third kappa shape index (κ3) is 6.13. The summed E-state index contributed by atoms with van der Waals surface area (Å²) in [6.45, 7) is 2.22. The molecular weight excluding hydrogens is 370 g/mol. The van der Waals surface area contributed by atoms with E-state index in [-0.39, 0.29) is 17.6 Å². The lowest BCUT2D eigenvalue weighted by molar-refractivity contribution is -0.114. The maximum atomic E-state index is 13.0. The summed E-state index contributed by atoms with van der Waals surface area (Å²) in [7, 11) is 0. The Morgan fingerprint density at radius 2 is 1.71 bits per heavy atom. The number of amides is 1. The monoisotopic (exact) mass is 397 g/mol. The van der Waals surface area contributed by atoms with Gasteiger partial charge in [-0.05, 0) is 55.1 Å². The molecule has 4 nitrogen and oxygen atoms in total. The minimum Gasteiger partial charge on any atom is -0.445 e. The Kier molecular flexibility index (Phi) is 7.54. The van der Waals surface area contributed by atoms with E-state index in [1.807, 2.05) is 61.5 Å². The summed E-state index contributed by atoms with van der Waals surface area (Å²) >= 11 is 1.20. The number of benzene rings is 2. The van der Waals surface area contributed by atoms with Crippen LogP contribution in [0.2, 0.25) is 0 Å². The van der Waals surface area contributed by atoms with E-state index >= 15 is 0 Å². The maximum absolute atomic E-state index is 13.0. The summed E-state index contributed by atoms with van der Waals surface area (Å²) in [4.78, 5) is 26.3. The van der Waals surface area contributed by atoms with Gasteiger partial charge in [-0.15, -0.1) is 0 Å². The number of hydrogen-bond acceptors (Lipinski definition) is 4. The highest BCUT2D eigenvalue weighted by molar-refractivity contribution is 8.13. The molecular formula is C23H27NO3S. The number of aryl methyl sites for hydroxylation is 1. The zero-order valence-corrected chi connectivity index (χ0v) is 17.0. The zero-order valence-electron chi connectivity index (χ0n) is 16.2. The topological polar surface area (TPSA) is 55.4 Å². The molecule has 0 radical (unpaired) electrons. The average Bonchev–Trinajstić information content (AvgIpc) is 2.73. The van der Waals surface area contributed by atoms with Gasteiger partial charge < -0.3 is 10.1 Å². The van der Waals surface area contributed by atoms with Crippen molar-refractivity contribution in [2.24, 2.45) is 5.92 Å². The van der Waals surface area contributed by atoms with Crippen LogP contribution >= 0.6 is 11.8 Å². The highest BCUT2D eigenvalue weighted by Crippen LogP contribution is 2.31. The summed E-state index contributed by atoms with van der Waals surface area (Å²) in [5, 5.41) is 2.84. The van der Waals surface area contributed by atoms with Gasteiger partial charge in [0.2, 0.25) is 5.12 Å². The molecule has 2 aromatic rings. The van der Waals surface area contributed by atoms with E-state index < -0.39 is 12.1 Å². The predicted molar refractivity (Wildman–Crippen MR) is 112 cm³/mol. The van der Waals surface area contributed by atoms with Gasteiger partial charge in [0.25, 0.3) is 0 Å². The van der Waals surface area contributed by atoms with Crippen LogP contribution in [-0.2, 0) is 16.1 Å². The third-order valence-corrected chi connectivity index (χ3v) is 6.06. The molecule has 1 saturated carbocycles. The van der Waals surface area contributed by atoms with Crippen LogP contribution in [-0.4, -0.2) is 17.3 Å².